The minimum atomic E-state index is -0.711. The molecule has 3 heteroatoms. The molecule has 2 nitrogen and oxygen atoms in total. The predicted molar refractivity (Wildman–Crippen MR) is 85.2 cm³/mol. The summed E-state index contributed by atoms with van der Waals surface area (Å²) in [5.74, 6) is 1.27. The van der Waals surface area contributed by atoms with E-state index in [2.05, 4.69) is 26.0 Å². The predicted octanol–water partition coefficient (Wildman–Crippen LogP) is 4.48. The molecule has 21 heavy (non-hydrogen) atoms. The summed E-state index contributed by atoms with van der Waals surface area (Å²) in [5, 5.41) is 11.3. The van der Waals surface area contributed by atoms with Crippen LogP contribution in [-0.2, 0) is 6.42 Å². The Labute approximate surface area is 130 Å². The van der Waals surface area contributed by atoms with Crippen molar-refractivity contribution in [1.29, 1.82) is 0 Å². The Morgan fingerprint density at radius 3 is 2.43 bits per heavy atom. The van der Waals surface area contributed by atoms with E-state index in [0.29, 0.717) is 17.5 Å². The first-order chi connectivity index (χ1) is 10.1. The number of aliphatic hydroxyl groups is 1. The zero-order chi connectivity index (χ0) is 15.0. The SMILES string of the molecule is CC(C)c1ccc(C(O)c2cc(Cl)cc3c2OCC3)cc1. The molecule has 2 aromatic carbocycles. The van der Waals surface area contributed by atoms with Gasteiger partial charge in [-0.3, -0.25) is 0 Å². The van der Waals surface area contributed by atoms with Gasteiger partial charge in [-0.1, -0.05) is 49.7 Å². The van der Waals surface area contributed by atoms with Crippen molar-refractivity contribution in [1.82, 2.24) is 0 Å². The van der Waals surface area contributed by atoms with Gasteiger partial charge in [0.15, 0.2) is 0 Å². The van der Waals surface area contributed by atoms with E-state index in [1.54, 1.807) is 6.07 Å². The fourth-order valence-electron chi connectivity index (χ4n) is 2.74. The smallest absolute Gasteiger partial charge is 0.128 e. The molecule has 0 radical (unpaired) electrons. The molecule has 1 N–H and O–H groups in total. The van der Waals surface area contributed by atoms with E-state index in [1.165, 1.54) is 5.56 Å². The molecule has 1 atom stereocenters. The van der Waals surface area contributed by atoms with E-state index >= 15 is 0 Å². The molecule has 1 aliphatic heterocycles. The minimum Gasteiger partial charge on any atom is -0.493 e. The number of benzene rings is 2. The molecule has 0 bridgehead atoms. The van der Waals surface area contributed by atoms with Gasteiger partial charge in [0.1, 0.15) is 11.9 Å². The highest BCUT2D eigenvalue weighted by Crippen LogP contribution is 2.38. The van der Waals surface area contributed by atoms with E-state index in [0.717, 1.165) is 28.9 Å². The molecule has 1 heterocycles. The lowest BCUT2D eigenvalue weighted by molar-refractivity contribution is 0.213. The number of aliphatic hydroxyl groups excluding tert-OH is 1. The molecule has 0 saturated carbocycles. The molecule has 3 rings (SSSR count). The number of hydrogen-bond donors (Lipinski definition) is 1. The molecule has 0 fully saturated rings. The standard InChI is InChI=1S/C18H19ClO2/c1-11(2)12-3-5-13(6-4-12)17(20)16-10-15(19)9-14-7-8-21-18(14)16/h3-6,9-11,17,20H,7-8H2,1-2H3. The number of halogens is 1. The highest BCUT2D eigenvalue weighted by Gasteiger charge is 2.23. The van der Waals surface area contributed by atoms with Crippen molar-refractivity contribution in [3.05, 3.63) is 63.7 Å². The van der Waals surface area contributed by atoms with Crippen LogP contribution in [0.1, 0.15) is 48.1 Å². The van der Waals surface area contributed by atoms with Gasteiger partial charge in [-0.2, -0.15) is 0 Å². The Hall–Kier alpha value is -1.51. The third-order valence-corrected chi connectivity index (χ3v) is 4.21. The van der Waals surface area contributed by atoms with Gasteiger partial charge in [-0.25, -0.2) is 0 Å². The quantitative estimate of drug-likeness (QED) is 0.906. The van der Waals surface area contributed by atoms with Crippen molar-refractivity contribution in [3.8, 4) is 5.75 Å². The van der Waals surface area contributed by atoms with Crippen molar-refractivity contribution in [2.75, 3.05) is 6.61 Å². The van der Waals surface area contributed by atoms with Crippen LogP contribution in [0.5, 0.6) is 5.75 Å². The second-order valence-electron chi connectivity index (χ2n) is 5.81. The van der Waals surface area contributed by atoms with E-state index in [-0.39, 0.29) is 0 Å². The molecule has 0 saturated heterocycles. The third-order valence-electron chi connectivity index (χ3n) is 3.99. The Morgan fingerprint density at radius 2 is 1.76 bits per heavy atom. The van der Waals surface area contributed by atoms with Gasteiger partial charge < -0.3 is 9.84 Å². The lowest BCUT2D eigenvalue weighted by Gasteiger charge is -2.16. The normalized spacial score (nSPS) is 14.9. The topological polar surface area (TPSA) is 29.5 Å². The Bertz CT molecular complexity index is 647. The first kappa shape index (κ1) is 14.4. The van der Waals surface area contributed by atoms with Crippen LogP contribution in [0.3, 0.4) is 0 Å². The molecule has 0 spiro atoms. The number of rotatable bonds is 3. The lowest BCUT2D eigenvalue weighted by atomic mass is 9.95. The van der Waals surface area contributed by atoms with Crippen LogP contribution in [-0.4, -0.2) is 11.7 Å². The molecule has 0 amide bonds. The maximum absolute atomic E-state index is 10.7. The maximum atomic E-state index is 10.7. The van der Waals surface area contributed by atoms with E-state index in [1.807, 2.05) is 18.2 Å². The summed E-state index contributed by atoms with van der Waals surface area (Å²) in [4.78, 5) is 0. The Kier molecular flexibility index (Phi) is 3.92. The van der Waals surface area contributed by atoms with Gasteiger partial charge in [0.05, 0.1) is 6.61 Å². The maximum Gasteiger partial charge on any atom is 0.128 e. The van der Waals surface area contributed by atoms with Crippen molar-refractivity contribution < 1.29 is 9.84 Å². The summed E-state index contributed by atoms with van der Waals surface area (Å²) < 4.78 is 5.67. The van der Waals surface area contributed by atoms with Gasteiger partial charge in [-0.15, -0.1) is 0 Å². The Morgan fingerprint density at radius 1 is 1.10 bits per heavy atom. The van der Waals surface area contributed by atoms with Gasteiger partial charge in [0.25, 0.3) is 0 Å². The molecular weight excluding hydrogens is 284 g/mol. The summed E-state index contributed by atoms with van der Waals surface area (Å²) in [6.45, 7) is 4.97. The molecule has 1 aliphatic rings. The summed E-state index contributed by atoms with van der Waals surface area (Å²) >= 11 is 6.16. The minimum absolute atomic E-state index is 0.481. The first-order valence-electron chi connectivity index (χ1n) is 7.29. The van der Waals surface area contributed by atoms with Crippen molar-refractivity contribution >= 4 is 11.6 Å². The van der Waals surface area contributed by atoms with Crippen LogP contribution in [0.4, 0.5) is 0 Å². The average molecular weight is 303 g/mol. The van der Waals surface area contributed by atoms with Crippen LogP contribution < -0.4 is 4.74 Å². The average Bonchev–Trinajstić information content (AvgIpc) is 2.93. The van der Waals surface area contributed by atoms with Crippen molar-refractivity contribution in [2.24, 2.45) is 0 Å². The van der Waals surface area contributed by atoms with Crippen molar-refractivity contribution in [3.63, 3.8) is 0 Å². The lowest BCUT2D eigenvalue weighted by Crippen LogP contribution is -2.03. The van der Waals surface area contributed by atoms with Crippen LogP contribution in [0.25, 0.3) is 0 Å². The van der Waals surface area contributed by atoms with Crippen LogP contribution in [0.2, 0.25) is 5.02 Å². The van der Waals surface area contributed by atoms with Gasteiger partial charge in [0, 0.05) is 17.0 Å². The van der Waals surface area contributed by atoms with E-state index in [4.69, 9.17) is 16.3 Å². The van der Waals surface area contributed by atoms with Gasteiger partial charge in [-0.05, 0) is 34.7 Å². The second-order valence-corrected chi connectivity index (χ2v) is 6.24. The first-order valence-corrected chi connectivity index (χ1v) is 7.67. The fraction of sp³-hybridized carbons (Fsp3) is 0.333. The molecular formula is C18H19ClO2. The zero-order valence-electron chi connectivity index (χ0n) is 12.3. The second kappa shape index (κ2) is 5.70. The van der Waals surface area contributed by atoms with Gasteiger partial charge >= 0.3 is 0 Å². The van der Waals surface area contributed by atoms with Crippen molar-refractivity contribution in [2.45, 2.75) is 32.3 Å². The molecule has 110 valence electrons. The molecule has 2 aromatic rings. The summed E-state index contributed by atoms with van der Waals surface area (Å²) in [6, 6.07) is 11.8. The highest BCUT2D eigenvalue weighted by molar-refractivity contribution is 6.30. The van der Waals surface area contributed by atoms with Crippen LogP contribution >= 0.6 is 11.6 Å². The number of ether oxygens (including phenoxy) is 1. The molecule has 1 unspecified atom stereocenters. The fourth-order valence-corrected chi connectivity index (χ4v) is 2.99. The largest absolute Gasteiger partial charge is 0.493 e. The van der Waals surface area contributed by atoms with Crippen LogP contribution in [0.15, 0.2) is 36.4 Å². The summed E-state index contributed by atoms with van der Waals surface area (Å²) in [6.07, 6.45) is 0.138. The van der Waals surface area contributed by atoms with E-state index < -0.39 is 6.10 Å². The van der Waals surface area contributed by atoms with Gasteiger partial charge in [0.2, 0.25) is 0 Å². The van der Waals surface area contributed by atoms with E-state index in [9.17, 15) is 5.11 Å². The van der Waals surface area contributed by atoms with Crippen LogP contribution in [0, 0.1) is 0 Å². The zero-order valence-corrected chi connectivity index (χ0v) is 13.0. The number of fused-ring (bicyclic) bond motifs is 1. The third kappa shape index (κ3) is 2.78. The Balaban J connectivity index is 1.97. The summed E-state index contributed by atoms with van der Waals surface area (Å²) in [5.41, 5.74) is 3.96. The monoisotopic (exact) mass is 302 g/mol. The highest BCUT2D eigenvalue weighted by atomic mass is 35.5. The summed E-state index contributed by atoms with van der Waals surface area (Å²) in [7, 11) is 0. The molecule has 0 aromatic heterocycles. The number of hydrogen-bond acceptors (Lipinski definition) is 2. The molecule has 0 aliphatic carbocycles.